The van der Waals surface area contributed by atoms with Crippen LogP contribution in [0.4, 0.5) is 0 Å². The lowest BCUT2D eigenvalue weighted by atomic mass is 10.0. The van der Waals surface area contributed by atoms with Gasteiger partial charge in [0.1, 0.15) is 0 Å². The van der Waals surface area contributed by atoms with Crippen molar-refractivity contribution in [3.8, 4) is 0 Å². The monoisotopic (exact) mass is 279 g/mol. The molecule has 2 nitrogen and oxygen atoms in total. The molecule has 1 N–H and O–H groups in total. The molecule has 1 fully saturated rings. The molecule has 2 unspecified atom stereocenters. The van der Waals surface area contributed by atoms with Crippen LogP contribution in [0.3, 0.4) is 0 Å². The van der Waals surface area contributed by atoms with Crippen LogP contribution in [0.5, 0.6) is 0 Å². The molecule has 1 aliphatic rings. The zero-order valence-corrected chi connectivity index (χ0v) is 11.4. The lowest BCUT2D eigenvalue weighted by Crippen LogP contribution is -2.51. The number of hydrogen-bond donors (Lipinski definition) is 1. The average Bonchev–Trinajstić information content (AvgIpc) is 2.54. The van der Waals surface area contributed by atoms with E-state index in [1.807, 2.05) is 13.8 Å². The average molecular weight is 280 g/mol. The number of nitrogens with one attached hydrogen (secondary N) is 1. The molecule has 0 aliphatic carbocycles. The van der Waals surface area contributed by atoms with Gasteiger partial charge in [-0.2, -0.15) is 0 Å². The number of carbonyl (C=O) groups is 1. The maximum Gasteiger partial charge on any atom is 0.233 e. The first kappa shape index (κ1) is 12.4. The largest absolute Gasteiger partial charge is 0.349 e. The zero-order chi connectivity index (χ0) is 10.8. The Kier molecular flexibility index (Phi) is 4.31. The van der Waals surface area contributed by atoms with Crippen LogP contribution >= 0.6 is 27.7 Å². The summed E-state index contributed by atoms with van der Waals surface area (Å²) in [6.07, 6.45) is 2.20. The maximum absolute atomic E-state index is 11.8. The molecule has 2 atom stereocenters. The molecule has 1 rings (SSSR count). The number of alkyl halides is 1. The third-order valence-corrected chi connectivity index (χ3v) is 5.18. The normalized spacial score (nSPS) is 24.7. The van der Waals surface area contributed by atoms with Crippen LogP contribution in [0.1, 0.15) is 33.6 Å². The Morgan fingerprint density at radius 2 is 2.29 bits per heavy atom. The minimum atomic E-state index is -0.166. The predicted octanol–water partition coefficient (Wildman–Crippen LogP) is 2.56. The van der Waals surface area contributed by atoms with Crippen LogP contribution in [0.25, 0.3) is 0 Å². The van der Waals surface area contributed by atoms with Crippen molar-refractivity contribution in [1.82, 2.24) is 5.32 Å². The van der Waals surface area contributed by atoms with E-state index in [-0.39, 0.29) is 21.5 Å². The molecule has 0 aromatic carbocycles. The Balaban J connectivity index is 2.46. The fraction of sp³-hybridized carbons (Fsp3) is 0.900. The van der Waals surface area contributed by atoms with Crippen molar-refractivity contribution in [1.29, 1.82) is 0 Å². The first-order valence-corrected chi connectivity index (χ1v) is 6.97. The Hall–Kier alpha value is 0.300. The van der Waals surface area contributed by atoms with Gasteiger partial charge in [0.15, 0.2) is 0 Å². The van der Waals surface area contributed by atoms with Gasteiger partial charge in [-0.3, -0.25) is 4.79 Å². The quantitative estimate of drug-likeness (QED) is 0.805. The summed E-state index contributed by atoms with van der Waals surface area (Å²) in [5.74, 6) is 1.33. The highest BCUT2D eigenvalue weighted by Crippen LogP contribution is 2.27. The smallest absolute Gasteiger partial charge is 0.233 e. The van der Waals surface area contributed by atoms with E-state index in [0.717, 1.165) is 12.2 Å². The molecular weight excluding hydrogens is 262 g/mol. The van der Waals surface area contributed by atoms with Crippen LogP contribution in [0.2, 0.25) is 0 Å². The van der Waals surface area contributed by atoms with Gasteiger partial charge in [0, 0.05) is 10.4 Å². The van der Waals surface area contributed by atoms with Gasteiger partial charge in [-0.05, 0) is 32.4 Å². The second kappa shape index (κ2) is 4.88. The van der Waals surface area contributed by atoms with Crippen LogP contribution < -0.4 is 5.32 Å². The molecule has 0 saturated carbocycles. The van der Waals surface area contributed by atoms with Crippen LogP contribution in [0, 0.1) is 0 Å². The summed E-state index contributed by atoms with van der Waals surface area (Å²) in [4.78, 5) is 12.1. The molecule has 1 amide bonds. The molecular formula is C10H18BrNOS. The summed E-state index contributed by atoms with van der Waals surface area (Å²) in [5, 5.41) is 3.27. The van der Waals surface area contributed by atoms with Crippen LogP contribution in [-0.4, -0.2) is 27.3 Å². The zero-order valence-electron chi connectivity index (χ0n) is 8.97. The van der Waals surface area contributed by atoms with Gasteiger partial charge >= 0.3 is 0 Å². The highest BCUT2D eigenvalue weighted by atomic mass is 79.9. The second-order valence-electron chi connectivity index (χ2n) is 4.33. The number of amides is 1. The van der Waals surface area contributed by atoms with Crippen molar-refractivity contribution in [3.05, 3.63) is 0 Å². The van der Waals surface area contributed by atoms with Crippen molar-refractivity contribution in [2.24, 2.45) is 0 Å². The fourth-order valence-electron chi connectivity index (χ4n) is 1.28. The molecule has 0 aromatic rings. The molecule has 0 spiro atoms. The van der Waals surface area contributed by atoms with Crippen molar-refractivity contribution >= 4 is 33.6 Å². The van der Waals surface area contributed by atoms with E-state index in [0.29, 0.717) is 0 Å². The van der Waals surface area contributed by atoms with Gasteiger partial charge in [0.2, 0.25) is 5.91 Å². The predicted molar refractivity (Wildman–Crippen MR) is 66.1 cm³/mol. The van der Waals surface area contributed by atoms with E-state index in [2.05, 4.69) is 28.2 Å². The van der Waals surface area contributed by atoms with E-state index in [4.69, 9.17) is 0 Å². The van der Waals surface area contributed by atoms with Gasteiger partial charge in [-0.15, -0.1) is 11.8 Å². The molecule has 14 heavy (non-hydrogen) atoms. The van der Waals surface area contributed by atoms with Gasteiger partial charge in [0.25, 0.3) is 0 Å². The Morgan fingerprint density at radius 1 is 1.64 bits per heavy atom. The fourth-order valence-corrected chi connectivity index (χ4v) is 2.56. The first-order chi connectivity index (χ1) is 6.43. The molecule has 82 valence electrons. The molecule has 1 saturated heterocycles. The van der Waals surface area contributed by atoms with Crippen molar-refractivity contribution in [2.75, 3.05) is 5.75 Å². The number of halogens is 1. The van der Waals surface area contributed by atoms with E-state index >= 15 is 0 Å². The lowest BCUT2D eigenvalue weighted by Gasteiger charge is -2.30. The van der Waals surface area contributed by atoms with Gasteiger partial charge in [0.05, 0.1) is 5.25 Å². The molecule has 4 heteroatoms. The summed E-state index contributed by atoms with van der Waals surface area (Å²) >= 11 is 5.29. The third-order valence-electron chi connectivity index (χ3n) is 2.66. The topological polar surface area (TPSA) is 29.1 Å². The summed E-state index contributed by atoms with van der Waals surface area (Å²) in [7, 11) is 0. The summed E-state index contributed by atoms with van der Waals surface area (Å²) < 4.78 is 0. The molecule has 0 radical (unpaired) electrons. The number of rotatable bonds is 3. The van der Waals surface area contributed by atoms with E-state index < -0.39 is 0 Å². The van der Waals surface area contributed by atoms with E-state index in [1.54, 1.807) is 11.8 Å². The number of hydrogen-bond acceptors (Lipinski definition) is 2. The number of carbonyl (C=O) groups excluding carboxylic acids is 1. The summed E-state index contributed by atoms with van der Waals surface area (Å²) in [5.41, 5.74) is -0.166. The molecule has 1 heterocycles. The SMILES string of the molecule is CC(Br)C(C)(C)NC(=O)C1CCCS1. The Labute approximate surface area is 98.7 Å². The minimum Gasteiger partial charge on any atom is -0.349 e. The second-order valence-corrected chi connectivity index (χ2v) is 7.01. The standard InChI is InChI=1S/C10H18BrNOS/c1-7(11)10(2,3)12-9(13)8-5-4-6-14-8/h7-8H,4-6H2,1-3H3,(H,12,13). The van der Waals surface area contributed by atoms with Crippen molar-refractivity contribution in [3.63, 3.8) is 0 Å². The third kappa shape index (κ3) is 3.16. The molecule has 0 aromatic heterocycles. The van der Waals surface area contributed by atoms with Crippen LogP contribution in [0.15, 0.2) is 0 Å². The number of thioether (sulfide) groups is 1. The van der Waals surface area contributed by atoms with Crippen molar-refractivity contribution < 1.29 is 4.79 Å². The Morgan fingerprint density at radius 3 is 2.71 bits per heavy atom. The van der Waals surface area contributed by atoms with E-state index in [9.17, 15) is 4.79 Å². The highest BCUT2D eigenvalue weighted by molar-refractivity contribution is 9.09. The summed E-state index contributed by atoms with van der Waals surface area (Å²) in [6.45, 7) is 6.15. The molecule has 0 bridgehead atoms. The van der Waals surface area contributed by atoms with Gasteiger partial charge in [-0.1, -0.05) is 22.9 Å². The van der Waals surface area contributed by atoms with Crippen LogP contribution in [-0.2, 0) is 4.79 Å². The highest BCUT2D eigenvalue weighted by Gasteiger charge is 2.30. The lowest BCUT2D eigenvalue weighted by molar-refractivity contribution is -0.122. The van der Waals surface area contributed by atoms with E-state index in [1.165, 1.54) is 6.42 Å². The summed E-state index contributed by atoms with van der Waals surface area (Å²) in [6, 6.07) is 0. The first-order valence-electron chi connectivity index (χ1n) is 5.01. The van der Waals surface area contributed by atoms with Crippen molar-refractivity contribution in [2.45, 2.75) is 49.2 Å². The maximum atomic E-state index is 11.8. The van der Waals surface area contributed by atoms with Gasteiger partial charge < -0.3 is 5.32 Å². The Bertz CT molecular complexity index is 212. The minimum absolute atomic E-state index is 0.166. The van der Waals surface area contributed by atoms with Gasteiger partial charge in [-0.25, -0.2) is 0 Å². The molecule has 1 aliphatic heterocycles.